The molecule has 3 aromatic heterocycles. The van der Waals surface area contributed by atoms with Crippen molar-refractivity contribution in [1.82, 2.24) is 25.2 Å². The van der Waals surface area contributed by atoms with E-state index >= 15 is 0 Å². The highest BCUT2D eigenvalue weighted by Gasteiger charge is 2.45. The number of carbonyl (C=O) groups is 1. The van der Waals surface area contributed by atoms with Gasteiger partial charge in [-0.05, 0) is 56.9 Å². The summed E-state index contributed by atoms with van der Waals surface area (Å²) in [6, 6.07) is 5.02. The van der Waals surface area contributed by atoms with Gasteiger partial charge in [-0.15, -0.1) is 11.3 Å². The maximum Gasteiger partial charge on any atom is 0.451 e. The van der Waals surface area contributed by atoms with Crippen LogP contribution in [0.3, 0.4) is 0 Å². The largest absolute Gasteiger partial charge is 0.451 e. The molecular formula is C28H32F3N5O4S2. The lowest BCUT2D eigenvalue weighted by Gasteiger charge is -2.45. The molecule has 9 nitrogen and oxygen atoms in total. The van der Waals surface area contributed by atoms with Crippen molar-refractivity contribution in [2.45, 2.75) is 75.9 Å². The van der Waals surface area contributed by atoms with Crippen LogP contribution in [-0.2, 0) is 45.9 Å². The lowest BCUT2D eigenvalue weighted by Crippen LogP contribution is -2.47. The number of hydrogen-bond acceptors (Lipinski definition) is 9. The summed E-state index contributed by atoms with van der Waals surface area (Å²) in [4.78, 5) is 28.4. The highest BCUT2D eigenvalue weighted by atomic mass is 32.2. The van der Waals surface area contributed by atoms with Crippen LogP contribution >= 0.6 is 11.3 Å². The molecule has 1 amide bonds. The minimum absolute atomic E-state index is 0.0105. The molecule has 0 unspecified atom stereocenters. The average molecular weight is 624 g/mol. The Kier molecular flexibility index (Phi) is 8.45. The molecule has 1 fully saturated rings. The van der Waals surface area contributed by atoms with E-state index in [1.54, 1.807) is 19.9 Å². The molecule has 226 valence electrons. The normalized spacial score (nSPS) is 19.0. The van der Waals surface area contributed by atoms with Crippen LogP contribution in [0.2, 0.25) is 0 Å². The van der Waals surface area contributed by atoms with Crippen molar-refractivity contribution in [3.05, 3.63) is 68.7 Å². The van der Waals surface area contributed by atoms with Crippen LogP contribution in [0, 0.1) is 6.92 Å². The van der Waals surface area contributed by atoms with E-state index in [1.165, 1.54) is 29.8 Å². The molecule has 5 heterocycles. The summed E-state index contributed by atoms with van der Waals surface area (Å²) >= 11 is 1.42. The number of fused-ring (bicyclic) bond motifs is 2. The number of thiophene rings is 1. The van der Waals surface area contributed by atoms with Crippen molar-refractivity contribution >= 4 is 27.1 Å². The van der Waals surface area contributed by atoms with Gasteiger partial charge in [-0.1, -0.05) is 6.92 Å². The summed E-state index contributed by atoms with van der Waals surface area (Å²) < 4.78 is 69.4. The third kappa shape index (κ3) is 6.36. The maximum atomic E-state index is 13.1. The van der Waals surface area contributed by atoms with E-state index in [9.17, 15) is 26.4 Å². The zero-order valence-electron chi connectivity index (χ0n) is 23.5. The number of amides is 1. The zero-order chi connectivity index (χ0) is 30.3. The second-order valence-electron chi connectivity index (χ2n) is 10.7. The number of pyridine rings is 1. The fourth-order valence-electron chi connectivity index (χ4n) is 5.43. The summed E-state index contributed by atoms with van der Waals surface area (Å²) in [5.74, 6) is -1.38. The van der Waals surface area contributed by atoms with Gasteiger partial charge in [0.05, 0.1) is 33.9 Å². The highest BCUT2D eigenvalue weighted by Crippen LogP contribution is 2.47. The molecule has 14 heteroatoms. The Morgan fingerprint density at radius 1 is 1.21 bits per heavy atom. The Labute approximate surface area is 246 Å². The molecule has 1 spiro atoms. The number of halogens is 3. The van der Waals surface area contributed by atoms with Crippen molar-refractivity contribution in [3.8, 4) is 0 Å². The van der Waals surface area contributed by atoms with Crippen LogP contribution in [0.1, 0.15) is 69.6 Å². The van der Waals surface area contributed by atoms with Crippen molar-refractivity contribution < 1.29 is 31.1 Å². The second kappa shape index (κ2) is 11.6. The van der Waals surface area contributed by atoms with E-state index in [0.29, 0.717) is 60.7 Å². The molecule has 2 aliphatic rings. The number of piperidine rings is 1. The number of nitrogens with zero attached hydrogens (tertiary/aromatic N) is 4. The number of aromatic nitrogens is 3. The van der Waals surface area contributed by atoms with E-state index in [-0.39, 0.29) is 29.2 Å². The van der Waals surface area contributed by atoms with Crippen molar-refractivity contribution in [2.75, 3.05) is 18.8 Å². The molecule has 0 bridgehead atoms. The summed E-state index contributed by atoms with van der Waals surface area (Å²) in [6.45, 7) is 7.10. The molecule has 0 aromatic carbocycles. The number of rotatable bonds is 7. The number of nitrogens with one attached hydrogen (secondary N) is 1. The quantitative estimate of drug-likeness (QED) is 0.411. The first-order valence-corrected chi connectivity index (χ1v) is 16.2. The fourth-order valence-corrected chi connectivity index (χ4v) is 7.55. The van der Waals surface area contributed by atoms with E-state index < -0.39 is 27.4 Å². The molecule has 1 saturated heterocycles. The van der Waals surface area contributed by atoms with Crippen molar-refractivity contribution in [1.29, 1.82) is 0 Å². The van der Waals surface area contributed by atoms with Gasteiger partial charge >= 0.3 is 6.18 Å². The number of alkyl halides is 3. The van der Waals surface area contributed by atoms with E-state index in [2.05, 4.69) is 25.2 Å². The van der Waals surface area contributed by atoms with Crippen LogP contribution in [0.5, 0.6) is 0 Å². The van der Waals surface area contributed by atoms with Crippen LogP contribution in [0.15, 0.2) is 35.5 Å². The number of aryl methyl sites for hydroxylation is 1. The predicted molar refractivity (Wildman–Crippen MR) is 150 cm³/mol. The SMILES string of the molecule is CCS(=O)(=O)c1ccc(CNC(=O)c2cc3c(s2)C2(CCN(Cc4cnc(C(F)(F)F)nc4C)CC2)O[C@H](C)C3)nc1. The lowest BCUT2D eigenvalue weighted by molar-refractivity contribution is -0.145. The second-order valence-corrected chi connectivity index (χ2v) is 14.1. The molecule has 2 aliphatic heterocycles. The summed E-state index contributed by atoms with van der Waals surface area (Å²) in [5, 5.41) is 2.88. The molecule has 3 aromatic rings. The number of sulfone groups is 1. The van der Waals surface area contributed by atoms with E-state index in [4.69, 9.17) is 4.74 Å². The molecular weight excluding hydrogens is 591 g/mol. The fraction of sp³-hybridized carbons (Fsp3) is 0.500. The van der Waals surface area contributed by atoms with Gasteiger partial charge in [-0.25, -0.2) is 18.4 Å². The Morgan fingerprint density at radius 3 is 2.57 bits per heavy atom. The van der Waals surface area contributed by atoms with Crippen LogP contribution in [0.25, 0.3) is 0 Å². The Balaban J connectivity index is 1.24. The third-order valence-corrected chi connectivity index (χ3v) is 10.8. The number of carbonyl (C=O) groups excluding carboxylic acids is 1. The summed E-state index contributed by atoms with van der Waals surface area (Å²) in [7, 11) is -3.34. The highest BCUT2D eigenvalue weighted by molar-refractivity contribution is 7.91. The Morgan fingerprint density at radius 2 is 1.95 bits per heavy atom. The predicted octanol–water partition coefficient (Wildman–Crippen LogP) is 4.44. The third-order valence-electron chi connectivity index (χ3n) is 7.74. The van der Waals surface area contributed by atoms with E-state index in [0.717, 1.165) is 10.4 Å². The molecule has 1 N–H and O–H groups in total. The monoisotopic (exact) mass is 623 g/mol. The Bertz CT molecular complexity index is 1570. The van der Waals surface area contributed by atoms with Gasteiger partial charge in [0, 0.05) is 48.2 Å². The first kappa shape index (κ1) is 30.5. The van der Waals surface area contributed by atoms with Crippen molar-refractivity contribution in [3.63, 3.8) is 0 Å². The van der Waals surface area contributed by atoms with Gasteiger partial charge in [0.15, 0.2) is 9.84 Å². The Hall–Kier alpha value is -2.94. The van der Waals surface area contributed by atoms with Gasteiger partial charge in [-0.2, -0.15) is 13.2 Å². The van der Waals surface area contributed by atoms with Gasteiger partial charge < -0.3 is 10.1 Å². The summed E-state index contributed by atoms with van der Waals surface area (Å²) in [6.07, 6.45) is 0.0292. The molecule has 1 atom stereocenters. The van der Waals surface area contributed by atoms with Crippen LogP contribution in [0.4, 0.5) is 13.2 Å². The van der Waals surface area contributed by atoms with Gasteiger partial charge in [0.2, 0.25) is 5.82 Å². The number of ether oxygens (including phenoxy) is 1. The lowest BCUT2D eigenvalue weighted by atomic mass is 9.84. The maximum absolute atomic E-state index is 13.1. The number of hydrogen-bond donors (Lipinski definition) is 1. The zero-order valence-corrected chi connectivity index (χ0v) is 25.1. The molecule has 0 aliphatic carbocycles. The van der Waals surface area contributed by atoms with Gasteiger partial charge in [0.1, 0.15) is 5.60 Å². The minimum atomic E-state index is -4.58. The topological polar surface area (TPSA) is 114 Å². The molecule has 0 saturated carbocycles. The van der Waals surface area contributed by atoms with Crippen LogP contribution < -0.4 is 5.32 Å². The minimum Gasteiger partial charge on any atom is -0.366 e. The first-order valence-electron chi connectivity index (χ1n) is 13.7. The average Bonchev–Trinajstić information content (AvgIpc) is 3.39. The smallest absolute Gasteiger partial charge is 0.366 e. The van der Waals surface area contributed by atoms with Crippen molar-refractivity contribution in [2.24, 2.45) is 0 Å². The standard InChI is InChI=1S/C28H32F3N5O4S2/c1-4-42(38,39)22-6-5-21(32-15-22)14-33-25(37)23-12-19-11-17(2)40-27(24(19)41-23)7-9-36(10-8-27)16-20-13-34-26(28(29,30)31)35-18(20)3/h5-6,12-13,15,17H,4,7-11,14,16H2,1-3H3,(H,33,37)/t17-/m1/s1. The molecule has 42 heavy (non-hydrogen) atoms. The first-order chi connectivity index (χ1) is 19.8. The number of likely N-dealkylation sites (tertiary alicyclic amines) is 1. The summed E-state index contributed by atoms with van der Waals surface area (Å²) in [5.41, 5.74) is 2.09. The van der Waals surface area contributed by atoms with Gasteiger partial charge in [-0.3, -0.25) is 14.7 Å². The molecule has 5 rings (SSSR count). The van der Waals surface area contributed by atoms with Gasteiger partial charge in [0.25, 0.3) is 5.91 Å². The van der Waals surface area contributed by atoms with E-state index in [1.807, 2.05) is 13.0 Å². The van der Waals surface area contributed by atoms with Crippen LogP contribution in [-0.4, -0.2) is 59.1 Å². The molecule has 0 radical (unpaired) electrons.